The predicted octanol–water partition coefficient (Wildman–Crippen LogP) is 0.540. The van der Waals surface area contributed by atoms with Crippen molar-refractivity contribution in [1.29, 1.82) is 0 Å². The van der Waals surface area contributed by atoms with Crippen LogP contribution in [0, 0.1) is 13.8 Å². The van der Waals surface area contributed by atoms with Crippen molar-refractivity contribution < 1.29 is 14.7 Å². The average molecular weight is 271 g/mol. The van der Waals surface area contributed by atoms with Crippen molar-refractivity contribution in [3.63, 3.8) is 0 Å². The highest BCUT2D eigenvalue weighted by molar-refractivity contribution is 7.80. The minimum absolute atomic E-state index is 0.280. The molecule has 0 saturated carbocycles. The average Bonchev–Trinajstić information content (AvgIpc) is 2.52. The molecule has 1 aromatic rings. The highest BCUT2D eigenvalue weighted by atomic mass is 32.1. The van der Waals surface area contributed by atoms with E-state index in [9.17, 15) is 9.59 Å². The van der Waals surface area contributed by atoms with Gasteiger partial charge in [-0.05, 0) is 26.0 Å². The zero-order valence-electron chi connectivity index (χ0n) is 10.6. The predicted molar refractivity (Wildman–Crippen MR) is 70.0 cm³/mol. The Morgan fingerprint density at radius 3 is 2.50 bits per heavy atom. The molecule has 6 nitrogen and oxygen atoms in total. The lowest BCUT2D eigenvalue weighted by Crippen LogP contribution is -2.41. The van der Waals surface area contributed by atoms with Gasteiger partial charge in [0.1, 0.15) is 6.04 Å². The third kappa shape index (κ3) is 3.04. The normalized spacial score (nSPS) is 12.2. The van der Waals surface area contributed by atoms with Crippen molar-refractivity contribution >= 4 is 24.5 Å². The van der Waals surface area contributed by atoms with E-state index in [1.807, 2.05) is 0 Å². The summed E-state index contributed by atoms with van der Waals surface area (Å²) < 4.78 is 1.60. The van der Waals surface area contributed by atoms with E-state index in [0.29, 0.717) is 22.7 Å². The van der Waals surface area contributed by atoms with Gasteiger partial charge in [0.25, 0.3) is 5.91 Å². The van der Waals surface area contributed by atoms with E-state index in [2.05, 4.69) is 23.0 Å². The number of nitrogens with one attached hydrogen (secondary N) is 1. The van der Waals surface area contributed by atoms with E-state index >= 15 is 0 Å². The Bertz CT molecular complexity index is 470. The minimum atomic E-state index is -1.06. The first-order chi connectivity index (χ1) is 8.38. The molecule has 7 heteroatoms. The lowest BCUT2D eigenvalue weighted by Gasteiger charge is -2.13. The van der Waals surface area contributed by atoms with Crippen LogP contribution in [0.4, 0.5) is 0 Å². The second kappa shape index (κ2) is 5.90. The van der Waals surface area contributed by atoms with Crippen molar-refractivity contribution in [3.8, 4) is 0 Å². The molecule has 1 unspecified atom stereocenters. The molecule has 0 aromatic carbocycles. The van der Waals surface area contributed by atoms with Gasteiger partial charge in [-0.3, -0.25) is 9.48 Å². The third-order valence-corrected chi connectivity index (χ3v) is 3.02. The van der Waals surface area contributed by atoms with E-state index in [1.165, 1.54) is 0 Å². The van der Waals surface area contributed by atoms with E-state index in [0.717, 1.165) is 0 Å². The van der Waals surface area contributed by atoms with Crippen molar-refractivity contribution in [2.45, 2.75) is 26.3 Å². The Labute approximate surface area is 111 Å². The van der Waals surface area contributed by atoms with Crippen LogP contribution in [-0.2, 0) is 11.8 Å². The van der Waals surface area contributed by atoms with Gasteiger partial charge in [0.05, 0.1) is 11.3 Å². The SMILES string of the molecule is Cc1nn(C)c(C)c1C(=O)NC(CCS)C(=O)O. The summed E-state index contributed by atoms with van der Waals surface area (Å²) in [7, 11) is 1.74. The summed E-state index contributed by atoms with van der Waals surface area (Å²) >= 11 is 3.98. The molecule has 0 radical (unpaired) electrons. The summed E-state index contributed by atoms with van der Waals surface area (Å²) in [5.41, 5.74) is 1.73. The van der Waals surface area contributed by atoms with Crippen LogP contribution in [0.25, 0.3) is 0 Å². The van der Waals surface area contributed by atoms with Gasteiger partial charge in [-0.25, -0.2) is 4.79 Å². The molecule has 1 atom stereocenters. The minimum Gasteiger partial charge on any atom is -0.480 e. The highest BCUT2D eigenvalue weighted by Gasteiger charge is 2.23. The molecule has 0 bridgehead atoms. The quantitative estimate of drug-likeness (QED) is 0.682. The maximum absolute atomic E-state index is 12.0. The number of aryl methyl sites for hydroxylation is 2. The van der Waals surface area contributed by atoms with Gasteiger partial charge in [0, 0.05) is 12.7 Å². The largest absolute Gasteiger partial charge is 0.480 e. The summed E-state index contributed by atoms with van der Waals surface area (Å²) in [6.07, 6.45) is 0.280. The Kier molecular flexibility index (Phi) is 4.77. The molecule has 1 heterocycles. The molecule has 0 aliphatic heterocycles. The Hall–Kier alpha value is -1.50. The number of carboxylic acids is 1. The summed E-state index contributed by atoms with van der Waals surface area (Å²) in [6, 6.07) is -0.922. The number of thiol groups is 1. The second-order valence-corrected chi connectivity index (χ2v) is 4.49. The number of carbonyl (C=O) groups excluding carboxylic acids is 1. The number of amides is 1. The van der Waals surface area contributed by atoms with Crippen molar-refractivity contribution in [1.82, 2.24) is 15.1 Å². The molecule has 1 amide bonds. The summed E-state index contributed by atoms with van der Waals surface area (Å²) in [5, 5.41) is 15.6. The number of nitrogens with zero attached hydrogens (tertiary/aromatic N) is 2. The molecule has 0 fully saturated rings. The second-order valence-electron chi connectivity index (χ2n) is 4.05. The van der Waals surface area contributed by atoms with Gasteiger partial charge in [-0.15, -0.1) is 0 Å². The Morgan fingerprint density at radius 1 is 1.50 bits per heavy atom. The van der Waals surface area contributed by atoms with Crippen molar-refractivity contribution in [2.75, 3.05) is 5.75 Å². The zero-order valence-corrected chi connectivity index (χ0v) is 11.5. The van der Waals surface area contributed by atoms with Crippen molar-refractivity contribution in [3.05, 3.63) is 17.0 Å². The number of carboxylic acid groups (broad SMARTS) is 1. The maximum atomic E-state index is 12.0. The Balaban J connectivity index is 2.90. The molecule has 100 valence electrons. The lowest BCUT2D eigenvalue weighted by atomic mass is 10.1. The van der Waals surface area contributed by atoms with Gasteiger partial charge in [-0.1, -0.05) is 0 Å². The smallest absolute Gasteiger partial charge is 0.326 e. The highest BCUT2D eigenvalue weighted by Crippen LogP contribution is 2.12. The summed E-state index contributed by atoms with van der Waals surface area (Å²) in [4.78, 5) is 23.0. The summed E-state index contributed by atoms with van der Waals surface area (Å²) in [6.45, 7) is 3.49. The van der Waals surface area contributed by atoms with Crippen LogP contribution in [0.1, 0.15) is 28.2 Å². The van der Waals surface area contributed by atoms with Gasteiger partial charge in [0.2, 0.25) is 0 Å². The van der Waals surface area contributed by atoms with E-state index in [1.54, 1.807) is 25.6 Å². The number of hydrogen-bond donors (Lipinski definition) is 3. The molecule has 18 heavy (non-hydrogen) atoms. The van der Waals surface area contributed by atoms with Crippen LogP contribution in [0.2, 0.25) is 0 Å². The number of aliphatic carboxylic acids is 1. The van der Waals surface area contributed by atoms with Crippen LogP contribution in [0.3, 0.4) is 0 Å². The molecule has 1 rings (SSSR count). The molecule has 0 saturated heterocycles. The van der Waals surface area contributed by atoms with Gasteiger partial charge < -0.3 is 10.4 Å². The Morgan fingerprint density at radius 2 is 2.11 bits per heavy atom. The number of rotatable bonds is 5. The summed E-state index contributed by atoms with van der Waals surface area (Å²) in [5.74, 6) is -1.08. The number of hydrogen-bond acceptors (Lipinski definition) is 4. The van der Waals surface area contributed by atoms with Crippen LogP contribution in [0.5, 0.6) is 0 Å². The lowest BCUT2D eigenvalue weighted by molar-refractivity contribution is -0.139. The fraction of sp³-hybridized carbons (Fsp3) is 0.545. The van der Waals surface area contributed by atoms with Crippen molar-refractivity contribution in [2.24, 2.45) is 7.05 Å². The van der Waals surface area contributed by atoms with Crippen LogP contribution in [0.15, 0.2) is 0 Å². The molecular formula is C11H17N3O3S. The van der Waals surface area contributed by atoms with Gasteiger partial charge >= 0.3 is 5.97 Å². The zero-order chi connectivity index (χ0) is 13.9. The van der Waals surface area contributed by atoms with Gasteiger partial charge in [0.15, 0.2) is 0 Å². The first kappa shape index (κ1) is 14.6. The van der Waals surface area contributed by atoms with Crippen LogP contribution >= 0.6 is 12.6 Å². The topological polar surface area (TPSA) is 84.2 Å². The molecular weight excluding hydrogens is 254 g/mol. The molecule has 0 spiro atoms. The van der Waals surface area contributed by atoms with Gasteiger partial charge in [-0.2, -0.15) is 17.7 Å². The molecule has 0 aliphatic carbocycles. The standard InChI is InChI=1S/C11H17N3O3S/c1-6-9(7(2)14(3)13-6)10(15)12-8(4-5-18)11(16)17/h8,18H,4-5H2,1-3H3,(H,12,15)(H,16,17). The first-order valence-electron chi connectivity index (χ1n) is 5.53. The monoisotopic (exact) mass is 271 g/mol. The molecule has 1 aromatic heterocycles. The fourth-order valence-electron chi connectivity index (χ4n) is 1.72. The first-order valence-corrected chi connectivity index (χ1v) is 6.16. The molecule has 2 N–H and O–H groups in total. The third-order valence-electron chi connectivity index (χ3n) is 2.76. The number of carbonyl (C=O) groups is 2. The van der Waals surface area contributed by atoms with E-state index in [4.69, 9.17) is 5.11 Å². The maximum Gasteiger partial charge on any atom is 0.326 e. The van der Waals surface area contributed by atoms with E-state index < -0.39 is 17.9 Å². The van der Waals surface area contributed by atoms with E-state index in [-0.39, 0.29) is 6.42 Å². The molecule has 0 aliphatic rings. The fourth-order valence-corrected chi connectivity index (χ4v) is 1.98. The van der Waals surface area contributed by atoms with Crippen LogP contribution in [-0.4, -0.2) is 38.6 Å². The van der Waals surface area contributed by atoms with Crippen LogP contribution < -0.4 is 5.32 Å². The number of aromatic nitrogens is 2.